The first kappa shape index (κ1) is 30.0. The van der Waals surface area contributed by atoms with Gasteiger partial charge in [0.25, 0.3) is 5.91 Å². The molecule has 0 aliphatic carbocycles. The minimum absolute atomic E-state index is 0.0325. The Balaban J connectivity index is 2.10. The van der Waals surface area contributed by atoms with Gasteiger partial charge in [-0.15, -0.1) is 6.58 Å². The number of ether oxygens (including phenoxy) is 1. The van der Waals surface area contributed by atoms with Crippen LogP contribution in [-0.2, 0) is 13.2 Å². The number of amides is 1. The van der Waals surface area contributed by atoms with E-state index in [-0.39, 0.29) is 54.1 Å². The van der Waals surface area contributed by atoms with Crippen LogP contribution in [0.25, 0.3) is 0 Å². The Labute approximate surface area is 232 Å². The molecule has 1 unspecified atom stereocenters. The summed E-state index contributed by atoms with van der Waals surface area (Å²) in [5.74, 6) is -3.29. The number of aromatic nitrogens is 1. The molecule has 0 spiro atoms. The molecule has 1 amide bonds. The maximum atomic E-state index is 14.1. The highest BCUT2D eigenvalue weighted by atomic mass is 19.1. The van der Waals surface area contributed by atoms with Gasteiger partial charge in [-0.1, -0.05) is 61.5 Å². The Morgan fingerprint density at radius 3 is 2.45 bits per heavy atom. The Morgan fingerprint density at radius 2 is 1.82 bits per heavy atom. The number of allylic oxidation sites excluding steroid dienone is 1. The van der Waals surface area contributed by atoms with Crippen molar-refractivity contribution in [1.82, 2.24) is 9.99 Å². The van der Waals surface area contributed by atoms with Crippen molar-refractivity contribution >= 4 is 11.7 Å². The molecular weight excluding hydrogens is 516 g/mol. The Kier molecular flexibility index (Phi) is 10.1. The molecule has 3 aromatic rings. The maximum absolute atomic E-state index is 14.1. The number of hydrogen-bond donors (Lipinski definition) is 2. The topological polar surface area (TPSA) is 89.4 Å². The second-order valence-corrected chi connectivity index (χ2v) is 9.65. The van der Waals surface area contributed by atoms with Gasteiger partial charge in [-0.3, -0.25) is 19.1 Å². The molecular formula is C31H33F2N3O4. The fourth-order valence-corrected chi connectivity index (χ4v) is 3.71. The molecule has 0 aliphatic heterocycles. The van der Waals surface area contributed by atoms with Gasteiger partial charge in [-0.05, 0) is 31.4 Å². The van der Waals surface area contributed by atoms with Crippen LogP contribution in [0.5, 0.6) is 5.75 Å². The summed E-state index contributed by atoms with van der Waals surface area (Å²) in [5.41, 5.74) is 3.44. The number of nitrogens with one attached hydrogen (secondary N) is 2. The highest BCUT2D eigenvalue weighted by molar-refractivity contribution is 6.00. The van der Waals surface area contributed by atoms with Crippen molar-refractivity contribution in [2.45, 2.75) is 46.4 Å². The van der Waals surface area contributed by atoms with Gasteiger partial charge < -0.3 is 15.5 Å². The molecule has 0 saturated heterocycles. The first-order valence-electron chi connectivity index (χ1n) is 12.8. The molecule has 0 radical (unpaired) electrons. The smallest absolute Gasteiger partial charge is 0.257 e. The Morgan fingerprint density at radius 1 is 1.12 bits per heavy atom. The number of benzene rings is 2. The van der Waals surface area contributed by atoms with E-state index in [2.05, 4.69) is 23.9 Å². The maximum Gasteiger partial charge on any atom is 0.257 e. The first-order chi connectivity index (χ1) is 19.0. The molecule has 1 heterocycles. The first-order valence-corrected chi connectivity index (χ1v) is 12.8. The number of Topliss-reactive ketones (excluding diaryl/α,β-unsaturated/α-hetero) is 1. The summed E-state index contributed by atoms with van der Waals surface area (Å²) in [6, 6.07) is 11.7. The van der Waals surface area contributed by atoms with Crippen molar-refractivity contribution in [2.24, 2.45) is 5.92 Å². The fourth-order valence-electron chi connectivity index (χ4n) is 3.71. The molecule has 0 bridgehead atoms. The zero-order valence-corrected chi connectivity index (χ0v) is 22.8. The van der Waals surface area contributed by atoms with Gasteiger partial charge in [-0.25, -0.2) is 8.78 Å². The number of nitrogens with zero attached hydrogens (tertiary/aromatic N) is 1. The van der Waals surface area contributed by atoms with Gasteiger partial charge in [0, 0.05) is 30.8 Å². The third-order valence-electron chi connectivity index (χ3n) is 6.34. The normalized spacial score (nSPS) is 12.2. The Bertz CT molecular complexity index is 1470. The lowest BCUT2D eigenvalue weighted by molar-refractivity contribution is 0.0935. The van der Waals surface area contributed by atoms with E-state index in [4.69, 9.17) is 4.74 Å². The zero-order chi connectivity index (χ0) is 29.4. The van der Waals surface area contributed by atoms with Crippen molar-refractivity contribution in [3.63, 3.8) is 0 Å². The average molecular weight is 550 g/mol. The lowest BCUT2D eigenvalue weighted by Crippen LogP contribution is -2.36. The average Bonchev–Trinajstić information content (AvgIpc) is 2.92. The minimum Gasteiger partial charge on any atom is -0.483 e. The van der Waals surface area contributed by atoms with Crippen LogP contribution in [0.15, 0.2) is 84.3 Å². The number of carbonyl (C=O) groups excluding carboxylic acids is 2. The summed E-state index contributed by atoms with van der Waals surface area (Å²) in [6.07, 6.45) is 2.90. The molecule has 9 heteroatoms. The van der Waals surface area contributed by atoms with Crippen molar-refractivity contribution in [2.75, 3.05) is 5.43 Å². The van der Waals surface area contributed by atoms with Crippen LogP contribution >= 0.6 is 0 Å². The van der Waals surface area contributed by atoms with Crippen LogP contribution in [0.2, 0.25) is 0 Å². The summed E-state index contributed by atoms with van der Waals surface area (Å²) in [6.45, 7) is 12.8. The van der Waals surface area contributed by atoms with Crippen LogP contribution < -0.4 is 20.9 Å². The second-order valence-electron chi connectivity index (χ2n) is 9.65. The molecule has 2 N–H and O–H groups in total. The summed E-state index contributed by atoms with van der Waals surface area (Å²) >= 11 is 0. The van der Waals surface area contributed by atoms with E-state index in [1.807, 2.05) is 32.0 Å². The van der Waals surface area contributed by atoms with Gasteiger partial charge in [0.05, 0.1) is 6.04 Å². The van der Waals surface area contributed by atoms with Gasteiger partial charge in [0.15, 0.2) is 17.2 Å². The van der Waals surface area contributed by atoms with E-state index in [1.54, 1.807) is 25.1 Å². The zero-order valence-electron chi connectivity index (χ0n) is 22.8. The molecule has 2 aromatic carbocycles. The van der Waals surface area contributed by atoms with E-state index >= 15 is 0 Å². The van der Waals surface area contributed by atoms with Crippen LogP contribution in [0.1, 0.15) is 59.2 Å². The highest BCUT2D eigenvalue weighted by Crippen LogP contribution is 2.22. The number of rotatable bonds is 13. The minimum atomic E-state index is -0.834. The Hall–Kier alpha value is -4.53. The predicted molar refractivity (Wildman–Crippen MR) is 151 cm³/mol. The summed E-state index contributed by atoms with van der Waals surface area (Å²) < 4.78 is 34.7. The van der Waals surface area contributed by atoms with Gasteiger partial charge in [0.1, 0.15) is 23.8 Å². The van der Waals surface area contributed by atoms with E-state index in [1.165, 1.54) is 16.9 Å². The highest BCUT2D eigenvalue weighted by Gasteiger charge is 2.27. The SMILES string of the molecule is C=C[C@H](C)CC(=O)c1c(OCc2ccccc2)c(=O)c(C(=O)NCc2ccc(F)cc2F)cn1NC(C)C(=C)C. The molecule has 210 valence electrons. The monoisotopic (exact) mass is 549 g/mol. The quantitative estimate of drug-likeness (QED) is 0.216. The third kappa shape index (κ3) is 7.53. The van der Waals surface area contributed by atoms with Crippen LogP contribution in [-0.4, -0.2) is 22.4 Å². The molecule has 1 aromatic heterocycles. The number of carbonyl (C=O) groups is 2. The second kappa shape index (κ2) is 13.5. The fraction of sp³-hybridized carbons (Fsp3) is 0.258. The molecule has 0 fully saturated rings. The van der Waals surface area contributed by atoms with Crippen molar-refractivity contribution in [3.8, 4) is 5.75 Å². The largest absolute Gasteiger partial charge is 0.483 e. The van der Waals surface area contributed by atoms with E-state index in [9.17, 15) is 23.2 Å². The summed E-state index contributed by atoms with van der Waals surface area (Å²) in [4.78, 5) is 40.4. The lowest BCUT2D eigenvalue weighted by atomic mass is 10.0. The predicted octanol–water partition coefficient (Wildman–Crippen LogP) is 5.54. The van der Waals surface area contributed by atoms with E-state index in [0.717, 1.165) is 17.2 Å². The van der Waals surface area contributed by atoms with Crippen molar-refractivity contribution in [3.05, 3.63) is 124 Å². The molecule has 2 atom stereocenters. The van der Waals surface area contributed by atoms with E-state index in [0.29, 0.717) is 6.07 Å². The molecule has 7 nitrogen and oxygen atoms in total. The number of ketones is 1. The van der Waals surface area contributed by atoms with Crippen LogP contribution in [0, 0.1) is 17.6 Å². The number of pyridine rings is 1. The van der Waals surface area contributed by atoms with Crippen LogP contribution in [0.3, 0.4) is 0 Å². The number of hydrogen-bond acceptors (Lipinski definition) is 5. The molecule has 0 aliphatic rings. The third-order valence-corrected chi connectivity index (χ3v) is 6.34. The van der Waals surface area contributed by atoms with E-state index < -0.39 is 28.8 Å². The molecule has 3 rings (SSSR count). The van der Waals surface area contributed by atoms with Gasteiger partial charge >= 0.3 is 0 Å². The summed E-state index contributed by atoms with van der Waals surface area (Å²) in [7, 11) is 0. The van der Waals surface area contributed by atoms with Gasteiger partial charge in [-0.2, -0.15) is 0 Å². The summed E-state index contributed by atoms with van der Waals surface area (Å²) in [5, 5.41) is 2.50. The standard InChI is InChI=1S/C31H33F2N3O4/c1-6-20(4)14-27(37)28-30(40-18-22-10-8-7-9-11-22)29(38)25(17-36(28)35-21(5)19(2)3)31(39)34-16-23-12-13-24(32)15-26(23)33/h6-13,15,17,20-21,35H,1-2,14,16,18H2,3-5H3,(H,34,39)/t20-,21?/m0/s1. The lowest BCUT2D eigenvalue weighted by Gasteiger charge is -2.24. The van der Waals surface area contributed by atoms with Gasteiger partial charge in [0.2, 0.25) is 5.43 Å². The van der Waals surface area contributed by atoms with Crippen molar-refractivity contribution < 1.29 is 23.1 Å². The van der Waals surface area contributed by atoms with Crippen LogP contribution in [0.4, 0.5) is 8.78 Å². The molecule has 40 heavy (non-hydrogen) atoms. The van der Waals surface area contributed by atoms with Crippen molar-refractivity contribution in [1.29, 1.82) is 0 Å². The number of halogens is 2. The molecule has 0 saturated carbocycles.